The maximum atomic E-state index is 12.3. The van der Waals surface area contributed by atoms with Crippen LogP contribution < -0.4 is 0 Å². The molecule has 1 fully saturated rings. The lowest BCUT2D eigenvalue weighted by molar-refractivity contribution is -0.142. The van der Waals surface area contributed by atoms with Crippen LogP contribution in [0.5, 0.6) is 0 Å². The number of nitrogens with zero attached hydrogens (tertiary/aromatic N) is 2. The summed E-state index contributed by atoms with van der Waals surface area (Å²) >= 11 is 0. The zero-order valence-corrected chi connectivity index (χ0v) is 11.4. The second-order valence-electron chi connectivity index (χ2n) is 5.19. The molecule has 7 heteroatoms. The first-order chi connectivity index (χ1) is 10.1. The van der Waals surface area contributed by atoms with Gasteiger partial charge in [-0.3, -0.25) is 9.59 Å². The van der Waals surface area contributed by atoms with Crippen LogP contribution in [0, 0.1) is 11.8 Å². The van der Waals surface area contributed by atoms with Crippen molar-refractivity contribution in [2.75, 3.05) is 13.1 Å². The van der Waals surface area contributed by atoms with Crippen LogP contribution in [0.2, 0.25) is 0 Å². The fourth-order valence-electron chi connectivity index (χ4n) is 2.53. The molecule has 2 unspecified atom stereocenters. The first-order valence-electron chi connectivity index (χ1n) is 6.59. The molecule has 110 valence electrons. The molecule has 1 saturated heterocycles. The predicted octanol–water partition coefficient (Wildman–Crippen LogP) is 1.73. The quantitative estimate of drug-likeness (QED) is 0.924. The summed E-state index contributed by atoms with van der Waals surface area (Å²) in [5.74, 6) is -0.972. The summed E-state index contributed by atoms with van der Waals surface area (Å²) in [6.45, 7) is 2.42. The molecule has 0 saturated carbocycles. The van der Waals surface area contributed by atoms with E-state index in [0.717, 1.165) is 0 Å². The smallest absolute Gasteiger partial charge is 0.308 e. The van der Waals surface area contributed by atoms with Gasteiger partial charge >= 0.3 is 5.97 Å². The Bertz CT molecular complexity index is 661. The zero-order valence-electron chi connectivity index (χ0n) is 11.4. The molecule has 0 radical (unpaired) electrons. The fraction of sp³-hybridized carbons (Fsp3) is 0.357. The summed E-state index contributed by atoms with van der Waals surface area (Å²) < 4.78 is 10.3. The molecule has 3 heterocycles. The molecule has 2 aromatic heterocycles. The van der Waals surface area contributed by atoms with Gasteiger partial charge in [0.25, 0.3) is 5.91 Å². The summed E-state index contributed by atoms with van der Waals surface area (Å²) in [6.07, 6.45) is 1.50. The van der Waals surface area contributed by atoms with E-state index in [1.54, 1.807) is 12.1 Å². The number of likely N-dealkylation sites (tertiary alicyclic amines) is 1. The van der Waals surface area contributed by atoms with Crippen molar-refractivity contribution in [2.45, 2.75) is 6.92 Å². The Morgan fingerprint density at radius 3 is 2.81 bits per heavy atom. The van der Waals surface area contributed by atoms with Gasteiger partial charge in [-0.1, -0.05) is 12.1 Å². The number of aliphatic carboxylic acids is 1. The number of aromatic nitrogens is 1. The minimum Gasteiger partial charge on any atom is -0.481 e. The van der Waals surface area contributed by atoms with E-state index in [4.69, 9.17) is 14.0 Å². The van der Waals surface area contributed by atoms with Crippen molar-refractivity contribution in [2.24, 2.45) is 11.8 Å². The number of hydrogen-bond donors (Lipinski definition) is 1. The largest absolute Gasteiger partial charge is 0.481 e. The third-order valence-electron chi connectivity index (χ3n) is 3.71. The third-order valence-corrected chi connectivity index (χ3v) is 3.71. The number of furan rings is 1. The van der Waals surface area contributed by atoms with Crippen molar-refractivity contribution in [1.82, 2.24) is 10.1 Å². The third kappa shape index (κ3) is 2.42. The molecular formula is C14H14N2O5. The number of rotatable bonds is 3. The molecule has 2 atom stereocenters. The van der Waals surface area contributed by atoms with Gasteiger partial charge in [-0.25, -0.2) is 0 Å². The molecule has 21 heavy (non-hydrogen) atoms. The van der Waals surface area contributed by atoms with Crippen molar-refractivity contribution in [3.8, 4) is 11.5 Å². The van der Waals surface area contributed by atoms with Gasteiger partial charge in [-0.05, 0) is 18.1 Å². The lowest BCUT2D eigenvalue weighted by Crippen LogP contribution is -2.30. The Kier molecular flexibility index (Phi) is 3.25. The average Bonchev–Trinajstić information content (AvgIpc) is 3.17. The Morgan fingerprint density at radius 2 is 2.19 bits per heavy atom. The van der Waals surface area contributed by atoms with Gasteiger partial charge in [0.2, 0.25) is 5.76 Å². The van der Waals surface area contributed by atoms with Crippen LogP contribution in [0.25, 0.3) is 11.5 Å². The maximum absolute atomic E-state index is 12.3. The summed E-state index contributed by atoms with van der Waals surface area (Å²) in [4.78, 5) is 24.9. The van der Waals surface area contributed by atoms with Crippen LogP contribution in [0.4, 0.5) is 0 Å². The van der Waals surface area contributed by atoms with E-state index in [-0.39, 0.29) is 24.1 Å². The highest BCUT2D eigenvalue weighted by molar-refractivity contribution is 5.93. The van der Waals surface area contributed by atoms with Crippen molar-refractivity contribution < 1.29 is 23.6 Å². The van der Waals surface area contributed by atoms with Gasteiger partial charge in [0, 0.05) is 19.2 Å². The number of carbonyl (C=O) groups excluding carboxylic acids is 1. The van der Waals surface area contributed by atoms with Gasteiger partial charge in [-0.2, -0.15) is 0 Å². The average molecular weight is 290 g/mol. The first-order valence-corrected chi connectivity index (χ1v) is 6.59. The lowest BCUT2D eigenvalue weighted by atomic mass is 9.99. The highest BCUT2D eigenvalue weighted by Gasteiger charge is 2.38. The standard InChI is InChI=1S/C14H14N2O5/c1-8-6-16(7-9(8)14(18)19)13(17)10-5-12(21-15-10)11-3-2-4-20-11/h2-5,8-9H,6-7H2,1H3,(H,18,19). The molecule has 1 aliphatic heterocycles. The van der Waals surface area contributed by atoms with E-state index in [1.165, 1.54) is 17.2 Å². The Labute approximate surface area is 120 Å². The second kappa shape index (κ2) is 5.08. The zero-order chi connectivity index (χ0) is 15.0. The minimum absolute atomic E-state index is 0.0807. The molecular weight excluding hydrogens is 276 g/mol. The van der Waals surface area contributed by atoms with E-state index in [9.17, 15) is 9.59 Å². The normalized spacial score (nSPS) is 21.7. The Morgan fingerprint density at radius 1 is 1.38 bits per heavy atom. The van der Waals surface area contributed by atoms with Crippen LogP contribution >= 0.6 is 0 Å². The van der Waals surface area contributed by atoms with Crippen LogP contribution in [0.15, 0.2) is 33.4 Å². The molecule has 0 spiro atoms. The maximum Gasteiger partial charge on any atom is 0.308 e. The Balaban J connectivity index is 1.76. The molecule has 0 aliphatic carbocycles. The van der Waals surface area contributed by atoms with E-state index in [1.807, 2.05) is 6.92 Å². The predicted molar refractivity (Wildman–Crippen MR) is 70.4 cm³/mol. The molecule has 1 N–H and O–H groups in total. The molecule has 0 bridgehead atoms. The first kappa shape index (κ1) is 13.4. The van der Waals surface area contributed by atoms with Gasteiger partial charge in [-0.15, -0.1) is 0 Å². The number of carbonyl (C=O) groups is 2. The summed E-state index contributed by atoms with van der Waals surface area (Å²) in [6, 6.07) is 4.91. The number of carboxylic acid groups (broad SMARTS) is 1. The molecule has 3 rings (SSSR count). The van der Waals surface area contributed by atoms with Crippen molar-refractivity contribution >= 4 is 11.9 Å². The van der Waals surface area contributed by atoms with Crippen molar-refractivity contribution in [3.63, 3.8) is 0 Å². The van der Waals surface area contributed by atoms with Gasteiger partial charge < -0.3 is 18.9 Å². The van der Waals surface area contributed by atoms with E-state index in [2.05, 4.69) is 5.16 Å². The summed E-state index contributed by atoms with van der Waals surface area (Å²) in [7, 11) is 0. The highest BCUT2D eigenvalue weighted by Crippen LogP contribution is 2.26. The second-order valence-corrected chi connectivity index (χ2v) is 5.19. The van der Waals surface area contributed by atoms with Gasteiger partial charge in [0.15, 0.2) is 11.5 Å². The van der Waals surface area contributed by atoms with Crippen LogP contribution in [-0.4, -0.2) is 40.1 Å². The number of carboxylic acids is 1. The van der Waals surface area contributed by atoms with Crippen LogP contribution in [0.3, 0.4) is 0 Å². The molecule has 2 aromatic rings. The molecule has 0 aromatic carbocycles. The van der Waals surface area contributed by atoms with Crippen LogP contribution in [-0.2, 0) is 4.79 Å². The minimum atomic E-state index is -0.880. The lowest BCUT2D eigenvalue weighted by Gasteiger charge is -2.13. The molecule has 1 amide bonds. The van der Waals surface area contributed by atoms with Gasteiger partial charge in [0.1, 0.15) is 0 Å². The monoisotopic (exact) mass is 290 g/mol. The van der Waals surface area contributed by atoms with E-state index < -0.39 is 11.9 Å². The number of hydrogen-bond acceptors (Lipinski definition) is 5. The summed E-state index contributed by atoms with van der Waals surface area (Å²) in [5.41, 5.74) is 0.152. The topological polar surface area (TPSA) is 96.8 Å². The fourth-order valence-corrected chi connectivity index (χ4v) is 2.53. The molecule has 1 aliphatic rings. The Hall–Kier alpha value is -2.57. The number of amides is 1. The van der Waals surface area contributed by atoms with Crippen LogP contribution in [0.1, 0.15) is 17.4 Å². The van der Waals surface area contributed by atoms with E-state index in [0.29, 0.717) is 18.1 Å². The highest BCUT2D eigenvalue weighted by atomic mass is 16.5. The van der Waals surface area contributed by atoms with Gasteiger partial charge in [0.05, 0.1) is 12.2 Å². The van der Waals surface area contributed by atoms with Crippen molar-refractivity contribution in [1.29, 1.82) is 0 Å². The summed E-state index contributed by atoms with van der Waals surface area (Å²) in [5, 5.41) is 12.8. The van der Waals surface area contributed by atoms with E-state index >= 15 is 0 Å². The SMILES string of the molecule is CC1CN(C(=O)c2cc(-c3ccco3)on2)CC1C(=O)O. The van der Waals surface area contributed by atoms with Crippen molar-refractivity contribution in [3.05, 3.63) is 30.2 Å². The molecule has 7 nitrogen and oxygen atoms in total.